The molecule has 0 aliphatic rings. The molecule has 6 nitrogen and oxygen atoms in total. The lowest BCUT2D eigenvalue weighted by molar-refractivity contribution is -0.128. The normalized spacial score (nSPS) is 10.5. The molecule has 1 aromatic heterocycles. The van der Waals surface area contributed by atoms with Crippen molar-refractivity contribution in [1.29, 1.82) is 0 Å². The molecule has 2 amide bonds. The van der Waals surface area contributed by atoms with E-state index in [-0.39, 0.29) is 6.61 Å². The number of nitrogens with one attached hydrogen (secondary N) is 2. The molecular formula is C15H12Br2N2O4. The minimum Gasteiger partial charge on any atom is -0.483 e. The lowest BCUT2D eigenvalue weighted by Gasteiger charge is -2.09. The predicted octanol–water partition coefficient (Wildman–Crippen LogP) is 3.04. The largest absolute Gasteiger partial charge is 0.483 e. The second kappa shape index (κ2) is 8.54. The van der Waals surface area contributed by atoms with Gasteiger partial charge in [-0.25, -0.2) is 0 Å². The summed E-state index contributed by atoms with van der Waals surface area (Å²) in [5, 5.41) is 0. The van der Waals surface area contributed by atoms with Crippen LogP contribution in [0.25, 0.3) is 6.08 Å². The highest BCUT2D eigenvalue weighted by molar-refractivity contribution is 9.11. The van der Waals surface area contributed by atoms with Crippen molar-refractivity contribution in [2.24, 2.45) is 0 Å². The molecule has 2 N–H and O–H groups in total. The first kappa shape index (κ1) is 17.3. The average Bonchev–Trinajstić information content (AvgIpc) is 3.03. The van der Waals surface area contributed by atoms with Crippen molar-refractivity contribution in [2.45, 2.75) is 0 Å². The molecule has 2 rings (SSSR count). The van der Waals surface area contributed by atoms with E-state index in [9.17, 15) is 9.59 Å². The number of hydrazine groups is 1. The fourth-order valence-corrected chi connectivity index (χ4v) is 2.65. The van der Waals surface area contributed by atoms with Crippen molar-refractivity contribution in [2.75, 3.05) is 6.61 Å². The van der Waals surface area contributed by atoms with E-state index in [1.165, 1.54) is 18.4 Å². The third-order valence-corrected chi connectivity index (χ3v) is 3.63. The van der Waals surface area contributed by atoms with Gasteiger partial charge in [-0.2, -0.15) is 0 Å². The number of carbonyl (C=O) groups is 2. The molecule has 1 heterocycles. The number of carbonyl (C=O) groups excluding carboxylic acids is 2. The van der Waals surface area contributed by atoms with E-state index in [4.69, 9.17) is 9.15 Å². The summed E-state index contributed by atoms with van der Waals surface area (Å²) in [5.41, 5.74) is 4.48. The first-order valence-corrected chi connectivity index (χ1v) is 8.01. The summed E-state index contributed by atoms with van der Waals surface area (Å²) in [6, 6.07) is 8.71. The molecular weight excluding hydrogens is 432 g/mol. The van der Waals surface area contributed by atoms with Gasteiger partial charge in [0.25, 0.3) is 11.8 Å². The zero-order valence-corrected chi connectivity index (χ0v) is 14.9. The Labute approximate surface area is 149 Å². The quantitative estimate of drug-likeness (QED) is 0.549. The van der Waals surface area contributed by atoms with Gasteiger partial charge in [-0.1, -0.05) is 15.9 Å². The summed E-state index contributed by atoms with van der Waals surface area (Å²) in [6.45, 7) is -0.234. The van der Waals surface area contributed by atoms with Crippen LogP contribution < -0.4 is 15.6 Å². The summed E-state index contributed by atoms with van der Waals surface area (Å²) in [4.78, 5) is 23.1. The standard InChI is InChI=1S/C15H12Br2N2O4/c16-10-3-5-13(12(17)8-10)23-9-15(21)19-18-14(20)6-4-11-2-1-7-22-11/h1-8H,9H2,(H,18,20)(H,19,21). The first-order chi connectivity index (χ1) is 11.0. The smallest absolute Gasteiger partial charge is 0.276 e. The second-order valence-electron chi connectivity index (χ2n) is 4.25. The Bertz CT molecular complexity index is 714. The minimum absolute atomic E-state index is 0.234. The van der Waals surface area contributed by atoms with Crippen LogP contribution in [-0.2, 0) is 9.59 Å². The number of furan rings is 1. The second-order valence-corrected chi connectivity index (χ2v) is 6.02. The van der Waals surface area contributed by atoms with Gasteiger partial charge in [0.2, 0.25) is 0 Å². The highest BCUT2D eigenvalue weighted by Crippen LogP contribution is 2.27. The number of halogens is 2. The molecule has 2 aromatic rings. The fraction of sp³-hybridized carbons (Fsp3) is 0.0667. The third kappa shape index (κ3) is 5.91. The third-order valence-electron chi connectivity index (χ3n) is 2.52. The number of amides is 2. The van der Waals surface area contributed by atoms with Crippen LogP contribution in [0.1, 0.15) is 5.76 Å². The van der Waals surface area contributed by atoms with Crippen LogP contribution in [0.2, 0.25) is 0 Å². The van der Waals surface area contributed by atoms with Crippen LogP contribution in [0.3, 0.4) is 0 Å². The molecule has 0 spiro atoms. The van der Waals surface area contributed by atoms with Gasteiger partial charge in [0.15, 0.2) is 6.61 Å². The highest BCUT2D eigenvalue weighted by Gasteiger charge is 2.06. The van der Waals surface area contributed by atoms with Crippen molar-refractivity contribution >= 4 is 49.8 Å². The minimum atomic E-state index is -0.487. The molecule has 0 saturated heterocycles. The van der Waals surface area contributed by atoms with E-state index < -0.39 is 11.8 Å². The molecule has 0 radical (unpaired) electrons. The van der Waals surface area contributed by atoms with Crippen LogP contribution in [-0.4, -0.2) is 18.4 Å². The molecule has 8 heteroatoms. The van der Waals surface area contributed by atoms with Crippen molar-refractivity contribution in [3.8, 4) is 5.75 Å². The molecule has 0 saturated carbocycles. The van der Waals surface area contributed by atoms with Crippen molar-refractivity contribution in [3.63, 3.8) is 0 Å². The zero-order chi connectivity index (χ0) is 16.7. The van der Waals surface area contributed by atoms with E-state index in [1.807, 2.05) is 0 Å². The molecule has 0 aliphatic heterocycles. The summed E-state index contributed by atoms with van der Waals surface area (Å²) in [6.07, 6.45) is 4.22. The summed E-state index contributed by atoms with van der Waals surface area (Å²) >= 11 is 6.64. The van der Waals surface area contributed by atoms with Crippen LogP contribution in [0.5, 0.6) is 5.75 Å². The maximum Gasteiger partial charge on any atom is 0.276 e. The molecule has 0 bridgehead atoms. The summed E-state index contributed by atoms with van der Waals surface area (Å²) < 4.78 is 12.0. The number of ether oxygens (including phenoxy) is 1. The topological polar surface area (TPSA) is 80.6 Å². The summed E-state index contributed by atoms with van der Waals surface area (Å²) in [7, 11) is 0. The van der Waals surface area contributed by atoms with E-state index in [2.05, 4.69) is 42.7 Å². The maximum atomic E-state index is 11.6. The monoisotopic (exact) mass is 442 g/mol. The van der Waals surface area contributed by atoms with E-state index in [1.54, 1.807) is 30.3 Å². The number of benzene rings is 1. The Morgan fingerprint density at radius 2 is 2.04 bits per heavy atom. The average molecular weight is 444 g/mol. The Morgan fingerprint density at radius 3 is 2.74 bits per heavy atom. The predicted molar refractivity (Wildman–Crippen MR) is 91.4 cm³/mol. The van der Waals surface area contributed by atoms with Gasteiger partial charge in [0, 0.05) is 10.5 Å². The lowest BCUT2D eigenvalue weighted by Crippen LogP contribution is -2.43. The zero-order valence-electron chi connectivity index (χ0n) is 11.7. The van der Waals surface area contributed by atoms with Crippen LogP contribution in [0, 0.1) is 0 Å². The van der Waals surface area contributed by atoms with Crippen LogP contribution in [0.15, 0.2) is 56.0 Å². The van der Waals surface area contributed by atoms with Gasteiger partial charge in [0.05, 0.1) is 10.7 Å². The Hall–Kier alpha value is -2.06. The van der Waals surface area contributed by atoms with Crippen molar-refractivity contribution < 1.29 is 18.7 Å². The number of hydrogen-bond donors (Lipinski definition) is 2. The van der Waals surface area contributed by atoms with Gasteiger partial charge in [0.1, 0.15) is 11.5 Å². The molecule has 1 aromatic carbocycles. The Morgan fingerprint density at radius 1 is 1.22 bits per heavy atom. The highest BCUT2D eigenvalue weighted by atomic mass is 79.9. The van der Waals surface area contributed by atoms with Crippen molar-refractivity contribution in [1.82, 2.24) is 10.9 Å². The Balaban J connectivity index is 1.73. The number of hydrogen-bond acceptors (Lipinski definition) is 4. The van der Waals surface area contributed by atoms with Gasteiger partial charge in [-0.3, -0.25) is 20.4 Å². The fourth-order valence-electron chi connectivity index (χ4n) is 1.49. The van der Waals surface area contributed by atoms with Gasteiger partial charge in [-0.05, 0) is 52.3 Å². The molecule has 0 atom stereocenters. The summed E-state index contributed by atoms with van der Waals surface area (Å²) in [5.74, 6) is 0.0847. The van der Waals surface area contributed by atoms with Gasteiger partial charge < -0.3 is 9.15 Å². The SMILES string of the molecule is O=C(C=Cc1ccco1)NNC(=O)COc1ccc(Br)cc1Br. The Kier molecular flexibility index (Phi) is 6.42. The molecule has 0 unspecified atom stereocenters. The van der Waals surface area contributed by atoms with Crippen molar-refractivity contribution in [3.05, 3.63) is 57.4 Å². The van der Waals surface area contributed by atoms with E-state index in [0.717, 1.165) is 4.47 Å². The number of rotatable bonds is 5. The lowest BCUT2D eigenvalue weighted by atomic mass is 10.3. The molecule has 23 heavy (non-hydrogen) atoms. The van der Waals surface area contributed by atoms with Gasteiger partial charge >= 0.3 is 0 Å². The van der Waals surface area contributed by atoms with Crippen LogP contribution in [0.4, 0.5) is 0 Å². The molecule has 0 aliphatic carbocycles. The first-order valence-electron chi connectivity index (χ1n) is 6.43. The molecule has 120 valence electrons. The van der Waals surface area contributed by atoms with Gasteiger partial charge in [-0.15, -0.1) is 0 Å². The van der Waals surface area contributed by atoms with E-state index in [0.29, 0.717) is 16.0 Å². The van der Waals surface area contributed by atoms with Crippen LogP contribution >= 0.6 is 31.9 Å². The molecule has 0 fully saturated rings. The van der Waals surface area contributed by atoms with E-state index >= 15 is 0 Å². The maximum absolute atomic E-state index is 11.6.